The minimum Gasteiger partial charge on any atom is -0.340 e. The van der Waals surface area contributed by atoms with E-state index in [1.807, 2.05) is 61.1 Å². The van der Waals surface area contributed by atoms with Gasteiger partial charge >= 0.3 is 0 Å². The molecule has 25 heavy (non-hydrogen) atoms. The molecule has 0 amide bonds. The Morgan fingerprint density at radius 2 is 1.56 bits per heavy atom. The molecule has 0 aliphatic heterocycles. The van der Waals surface area contributed by atoms with Gasteiger partial charge in [0.25, 0.3) is 0 Å². The van der Waals surface area contributed by atoms with Crippen LogP contribution in [-0.2, 0) is 6.42 Å². The average Bonchev–Trinajstić information content (AvgIpc) is 2.66. The first-order chi connectivity index (χ1) is 12.3. The molecule has 4 heteroatoms. The molecule has 0 unspecified atom stereocenters. The fraction of sp³-hybridized carbons (Fsp3) is 0.0476. The second-order valence-electron chi connectivity index (χ2n) is 5.84. The molecule has 4 aromatic rings. The summed E-state index contributed by atoms with van der Waals surface area (Å²) >= 11 is 5.96. The van der Waals surface area contributed by atoms with E-state index in [4.69, 9.17) is 11.6 Å². The van der Waals surface area contributed by atoms with Crippen LogP contribution in [0.4, 0.5) is 11.5 Å². The van der Waals surface area contributed by atoms with E-state index in [0.717, 1.165) is 28.3 Å². The lowest BCUT2D eigenvalue weighted by molar-refractivity contribution is 1.15. The van der Waals surface area contributed by atoms with Gasteiger partial charge in [-0.3, -0.25) is 4.98 Å². The van der Waals surface area contributed by atoms with Gasteiger partial charge in [0.15, 0.2) is 0 Å². The van der Waals surface area contributed by atoms with Gasteiger partial charge in [0.05, 0.1) is 0 Å². The molecule has 0 saturated carbocycles. The van der Waals surface area contributed by atoms with E-state index in [1.165, 1.54) is 16.5 Å². The third kappa shape index (κ3) is 3.47. The zero-order valence-corrected chi connectivity index (χ0v) is 14.2. The number of anilines is 2. The molecule has 0 atom stereocenters. The number of halogens is 1. The van der Waals surface area contributed by atoms with Crippen molar-refractivity contribution in [2.24, 2.45) is 0 Å². The Kier molecular flexibility index (Phi) is 4.32. The van der Waals surface area contributed by atoms with Gasteiger partial charge in [0, 0.05) is 34.7 Å². The van der Waals surface area contributed by atoms with E-state index in [1.54, 1.807) is 0 Å². The Hall–Kier alpha value is -2.91. The molecule has 0 aliphatic rings. The van der Waals surface area contributed by atoms with Crippen LogP contribution in [0.2, 0.25) is 5.02 Å². The molecule has 0 aliphatic carbocycles. The minimum absolute atomic E-state index is 0.719. The Morgan fingerprint density at radius 3 is 2.32 bits per heavy atom. The zero-order chi connectivity index (χ0) is 17.1. The summed E-state index contributed by atoms with van der Waals surface area (Å²) in [7, 11) is 0. The van der Waals surface area contributed by atoms with Crippen LogP contribution in [0.1, 0.15) is 11.1 Å². The molecule has 0 fully saturated rings. The molecule has 0 saturated heterocycles. The summed E-state index contributed by atoms with van der Waals surface area (Å²) in [6, 6.07) is 20.0. The van der Waals surface area contributed by atoms with Gasteiger partial charge in [-0.15, -0.1) is 0 Å². The molecule has 0 radical (unpaired) electrons. The topological polar surface area (TPSA) is 37.8 Å². The lowest BCUT2D eigenvalue weighted by Crippen LogP contribution is -1.98. The summed E-state index contributed by atoms with van der Waals surface area (Å²) in [6.45, 7) is 0. The van der Waals surface area contributed by atoms with E-state index < -0.39 is 0 Å². The van der Waals surface area contributed by atoms with Crippen molar-refractivity contribution in [3.63, 3.8) is 0 Å². The first-order valence-corrected chi connectivity index (χ1v) is 8.45. The monoisotopic (exact) mass is 345 g/mol. The smallest absolute Gasteiger partial charge is 0.138 e. The van der Waals surface area contributed by atoms with E-state index in [0.29, 0.717) is 0 Å². The van der Waals surface area contributed by atoms with Crippen molar-refractivity contribution in [2.75, 3.05) is 5.32 Å². The summed E-state index contributed by atoms with van der Waals surface area (Å²) in [5, 5.41) is 6.40. The third-order valence-electron chi connectivity index (χ3n) is 4.13. The molecule has 0 bridgehead atoms. The molecule has 2 aromatic heterocycles. The summed E-state index contributed by atoms with van der Waals surface area (Å²) in [5.41, 5.74) is 3.38. The van der Waals surface area contributed by atoms with Crippen LogP contribution in [0.25, 0.3) is 10.8 Å². The van der Waals surface area contributed by atoms with E-state index in [9.17, 15) is 0 Å². The zero-order valence-electron chi connectivity index (χ0n) is 13.5. The maximum absolute atomic E-state index is 5.96. The van der Waals surface area contributed by atoms with Gasteiger partial charge in [-0.2, -0.15) is 0 Å². The van der Waals surface area contributed by atoms with E-state index >= 15 is 0 Å². The number of aromatic nitrogens is 2. The molecule has 0 spiro atoms. The van der Waals surface area contributed by atoms with Crippen molar-refractivity contribution >= 4 is 33.9 Å². The highest BCUT2D eigenvalue weighted by molar-refractivity contribution is 6.30. The van der Waals surface area contributed by atoms with Gasteiger partial charge in [0.1, 0.15) is 5.82 Å². The minimum atomic E-state index is 0.719. The largest absolute Gasteiger partial charge is 0.340 e. The molecule has 4 rings (SSSR count). The highest BCUT2D eigenvalue weighted by atomic mass is 35.5. The van der Waals surface area contributed by atoms with E-state index in [-0.39, 0.29) is 0 Å². The lowest BCUT2D eigenvalue weighted by Gasteiger charge is -2.12. The van der Waals surface area contributed by atoms with Crippen molar-refractivity contribution < 1.29 is 0 Å². The number of nitrogens with one attached hydrogen (secondary N) is 1. The maximum Gasteiger partial charge on any atom is 0.138 e. The summed E-state index contributed by atoms with van der Waals surface area (Å²) in [5.74, 6) is 0.844. The van der Waals surface area contributed by atoms with Crippen LogP contribution in [0.15, 0.2) is 79.3 Å². The summed E-state index contributed by atoms with van der Waals surface area (Å²) < 4.78 is 0. The van der Waals surface area contributed by atoms with Crippen molar-refractivity contribution in [3.05, 3.63) is 95.4 Å². The number of rotatable bonds is 4. The Balaban J connectivity index is 1.72. The van der Waals surface area contributed by atoms with Gasteiger partial charge in [-0.05, 0) is 59.3 Å². The maximum atomic E-state index is 5.96. The number of pyridine rings is 2. The molecular formula is C21H16ClN3. The Morgan fingerprint density at radius 1 is 0.840 bits per heavy atom. The van der Waals surface area contributed by atoms with Crippen LogP contribution in [-0.4, -0.2) is 9.97 Å². The van der Waals surface area contributed by atoms with Crippen molar-refractivity contribution in [2.45, 2.75) is 6.42 Å². The summed E-state index contributed by atoms with van der Waals surface area (Å²) in [6.07, 6.45) is 6.42. The Bertz CT molecular complexity index is 998. The van der Waals surface area contributed by atoms with Crippen LogP contribution >= 0.6 is 11.6 Å². The normalized spacial score (nSPS) is 10.8. The number of hydrogen-bond donors (Lipinski definition) is 1. The molecular weight excluding hydrogens is 330 g/mol. The molecule has 1 N–H and O–H groups in total. The first kappa shape index (κ1) is 15.6. The standard InChI is InChI=1S/C21H16ClN3/c22-17-5-7-18(8-6-17)25-21-20-4-2-1-3-19(20)16(14-24-21)13-15-9-11-23-12-10-15/h1-12,14H,13H2,(H,24,25). The fourth-order valence-electron chi connectivity index (χ4n) is 2.88. The lowest BCUT2D eigenvalue weighted by atomic mass is 10.0. The summed E-state index contributed by atoms with van der Waals surface area (Å²) in [4.78, 5) is 8.74. The number of nitrogens with zero attached hydrogens (tertiary/aromatic N) is 2. The molecule has 122 valence electrons. The van der Waals surface area contributed by atoms with E-state index in [2.05, 4.69) is 33.5 Å². The van der Waals surface area contributed by atoms with Crippen LogP contribution in [0.3, 0.4) is 0 Å². The number of hydrogen-bond acceptors (Lipinski definition) is 3. The molecule has 2 heterocycles. The average molecular weight is 346 g/mol. The highest BCUT2D eigenvalue weighted by Crippen LogP contribution is 2.28. The van der Waals surface area contributed by atoms with Crippen LogP contribution in [0, 0.1) is 0 Å². The second kappa shape index (κ2) is 6.91. The number of fused-ring (bicyclic) bond motifs is 1. The third-order valence-corrected chi connectivity index (χ3v) is 4.38. The molecule has 2 aromatic carbocycles. The van der Waals surface area contributed by atoms with Gasteiger partial charge < -0.3 is 5.32 Å². The van der Waals surface area contributed by atoms with Gasteiger partial charge in [-0.25, -0.2) is 4.98 Å². The predicted octanol–water partition coefficient (Wildman–Crippen LogP) is 5.62. The predicted molar refractivity (Wildman–Crippen MR) is 104 cm³/mol. The second-order valence-corrected chi connectivity index (χ2v) is 6.28. The highest BCUT2D eigenvalue weighted by Gasteiger charge is 2.08. The Labute approximate surface area is 151 Å². The first-order valence-electron chi connectivity index (χ1n) is 8.08. The van der Waals surface area contributed by atoms with Gasteiger partial charge in [-0.1, -0.05) is 35.9 Å². The fourth-order valence-corrected chi connectivity index (χ4v) is 3.01. The van der Waals surface area contributed by atoms with Gasteiger partial charge in [0.2, 0.25) is 0 Å². The SMILES string of the molecule is Clc1ccc(Nc2ncc(Cc3ccncc3)c3ccccc23)cc1. The quantitative estimate of drug-likeness (QED) is 0.521. The van der Waals surface area contributed by atoms with Crippen molar-refractivity contribution in [1.29, 1.82) is 0 Å². The number of benzene rings is 2. The van der Waals surface area contributed by atoms with Crippen LogP contribution < -0.4 is 5.32 Å². The van der Waals surface area contributed by atoms with Crippen LogP contribution in [0.5, 0.6) is 0 Å². The van der Waals surface area contributed by atoms with Crippen molar-refractivity contribution in [3.8, 4) is 0 Å². The molecule has 3 nitrogen and oxygen atoms in total. The van der Waals surface area contributed by atoms with Crippen molar-refractivity contribution in [1.82, 2.24) is 9.97 Å².